The Morgan fingerprint density at radius 2 is 2.00 bits per heavy atom. The van der Waals surface area contributed by atoms with Crippen molar-refractivity contribution in [1.82, 2.24) is 14.8 Å². The summed E-state index contributed by atoms with van der Waals surface area (Å²) in [6.45, 7) is 1.85. The van der Waals surface area contributed by atoms with Crippen LogP contribution in [0.1, 0.15) is 16.1 Å². The standard InChI is InChI=1S/C15H13ClN4O/c1-9-7-12(13-8-17-20(2)14(13)18-9)15(21)19-11-5-3-10(16)4-6-11/h3-8H,1-2H3,(H,19,21). The van der Waals surface area contributed by atoms with Crippen LogP contribution in [0, 0.1) is 6.92 Å². The van der Waals surface area contributed by atoms with Gasteiger partial charge in [0, 0.05) is 23.5 Å². The molecule has 1 aromatic carbocycles. The third kappa shape index (κ3) is 2.60. The van der Waals surface area contributed by atoms with Gasteiger partial charge in [0.2, 0.25) is 0 Å². The highest BCUT2D eigenvalue weighted by Gasteiger charge is 2.14. The highest BCUT2D eigenvalue weighted by atomic mass is 35.5. The van der Waals surface area contributed by atoms with E-state index in [4.69, 9.17) is 11.6 Å². The Morgan fingerprint density at radius 1 is 1.29 bits per heavy atom. The van der Waals surface area contributed by atoms with Crippen LogP contribution in [0.4, 0.5) is 5.69 Å². The summed E-state index contributed by atoms with van der Waals surface area (Å²) in [6, 6.07) is 8.74. The number of rotatable bonds is 2. The zero-order chi connectivity index (χ0) is 15.0. The van der Waals surface area contributed by atoms with Gasteiger partial charge in [0.25, 0.3) is 5.91 Å². The average molecular weight is 301 g/mol. The monoisotopic (exact) mass is 300 g/mol. The molecular formula is C15H13ClN4O. The van der Waals surface area contributed by atoms with E-state index in [2.05, 4.69) is 15.4 Å². The first-order chi connectivity index (χ1) is 10.0. The van der Waals surface area contributed by atoms with Crippen LogP contribution in [0.25, 0.3) is 11.0 Å². The first kappa shape index (κ1) is 13.6. The third-order valence-corrected chi connectivity index (χ3v) is 3.43. The van der Waals surface area contributed by atoms with E-state index in [9.17, 15) is 4.79 Å². The predicted octanol–water partition coefficient (Wildman–Crippen LogP) is 3.18. The molecule has 5 nitrogen and oxygen atoms in total. The molecule has 0 atom stereocenters. The molecule has 21 heavy (non-hydrogen) atoms. The van der Waals surface area contributed by atoms with Gasteiger partial charge in [0.15, 0.2) is 5.65 Å². The number of nitrogens with zero attached hydrogens (tertiary/aromatic N) is 3. The van der Waals surface area contributed by atoms with E-state index < -0.39 is 0 Å². The normalized spacial score (nSPS) is 10.8. The van der Waals surface area contributed by atoms with E-state index in [1.54, 1.807) is 48.3 Å². The largest absolute Gasteiger partial charge is 0.322 e. The van der Waals surface area contributed by atoms with Crippen molar-refractivity contribution in [3.05, 3.63) is 52.8 Å². The number of carbonyl (C=O) groups excluding carboxylic acids is 1. The summed E-state index contributed by atoms with van der Waals surface area (Å²) in [7, 11) is 1.80. The van der Waals surface area contributed by atoms with Gasteiger partial charge in [0.05, 0.1) is 17.1 Å². The van der Waals surface area contributed by atoms with E-state index in [1.807, 2.05) is 6.92 Å². The molecule has 2 heterocycles. The molecule has 0 bridgehead atoms. The van der Waals surface area contributed by atoms with Crippen molar-refractivity contribution in [2.45, 2.75) is 6.92 Å². The van der Waals surface area contributed by atoms with Gasteiger partial charge in [0.1, 0.15) is 0 Å². The Labute approximate surface area is 126 Å². The summed E-state index contributed by atoms with van der Waals surface area (Å²) < 4.78 is 1.65. The summed E-state index contributed by atoms with van der Waals surface area (Å²) in [4.78, 5) is 16.9. The Kier molecular flexibility index (Phi) is 3.35. The van der Waals surface area contributed by atoms with E-state index in [0.717, 1.165) is 11.1 Å². The lowest BCUT2D eigenvalue weighted by Crippen LogP contribution is -2.13. The first-order valence-corrected chi connectivity index (χ1v) is 6.78. The van der Waals surface area contributed by atoms with Gasteiger partial charge in [-0.2, -0.15) is 5.10 Å². The van der Waals surface area contributed by atoms with Gasteiger partial charge in [-0.1, -0.05) is 11.6 Å². The van der Waals surface area contributed by atoms with Gasteiger partial charge in [-0.25, -0.2) is 4.98 Å². The maximum absolute atomic E-state index is 12.5. The number of hydrogen-bond donors (Lipinski definition) is 1. The second-order valence-electron chi connectivity index (χ2n) is 4.78. The fourth-order valence-electron chi connectivity index (χ4n) is 2.16. The number of aromatic nitrogens is 3. The second kappa shape index (κ2) is 5.18. The van der Waals surface area contributed by atoms with Crippen LogP contribution in [0.2, 0.25) is 5.02 Å². The van der Waals surface area contributed by atoms with Crippen LogP contribution in [-0.2, 0) is 7.05 Å². The average Bonchev–Trinajstić information content (AvgIpc) is 2.82. The van der Waals surface area contributed by atoms with Gasteiger partial charge >= 0.3 is 0 Å². The maximum atomic E-state index is 12.5. The minimum absolute atomic E-state index is 0.194. The molecule has 1 N–H and O–H groups in total. The summed E-state index contributed by atoms with van der Waals surface area (Å²) in [5, 5.41) is 8.37. The van der Waals surface area contributed by atoms with Crippen LogP contribution in [0.3, 0.4) is 0 Å². The molecule has 2 aromatic heterocycles. The van der Waals surface area contributed by atoms with Gasteiger partial charge in [-0.05, 0) is 37.3 Å². The van der Waals surface area contributed by atoms with Gasteiger partial charge < -0.3 is 5.32 Å². The number of anilines is 1. The summed E-state index contributed by atoms with van der Waals surface area (Å²) in [5.74, 6) is -0.194. The zero-order valence-corrected chi connectivity index (χ0v) is 12.3. The lowest BCUT2D eigenvalue weighted by Gasteiger charge is -2.07. The molecule has 0 aliphatic rings. The van der Waals surface area contributed by atoms with Crippen molar-refractivity contribution in [3.63, 3.8) is 0 Å². The molecule has 0 spiro atoms. The van der Waals surface area contributed by atoms with E-state index in [-0.39, 0.29) is 5.91 Å². The molecule has 106 valence electrons. The zero-order valence-electron chi connectivity index (χ0n) is 11.6. The quantitative estimate of drug-likeness (QED) is 0.790. The van der Waals surface area contributed by atoms with Gasteiger partial charge in [-0.3, -0.25) is 9.48 Å². The first-order valence-electron chi connectivity index (χ1n) is 6.41. The molecule has 0 radical (unpaired) electrons. The molecule has 3 aromatic rings. The smallest absolute Gasteiger partial charge is 0.256 e. The van der Waals surface area contributed by atoms with Crippen molar-refractivity contribution >= 4 is 34.2 Å². The Morgan fingerprint density at radius 3 is 2.71 bits per heavy atom. The highest BCUT2D eigenvalue weighted by molar-refractivity contribution is 6.30. The fraction of sp³-hybridized carbons (Fsp3) is 0.133. The van der Waals surface area contributed by atoms with Crippen molar-refractivity contribution in [2.24, 2.45) is 7.05 Å². The highest BCUT2D eigenvalue weighted by Crippen LogP contribution is 2.20. The molecule has 0 unspecified atom stereocenters. The molecular weight excluding hydrogens is 288 g/mol. The minimum Gasteiger partial charge on any atom is -0.322 e. The fourth-order valence-corrected chi connectivity index (χ4v) is 2.29. The molecule has 0 fully saturated rings. The topological polar surface area (TPSA) is 59.8 Å². The number of amides is 1. The van der Waals surface area contributed by atoms with Crippen LogP contribution in [-0.4, -0.2) is 20.7 Å². The lowest BCUT2D eigenvalue weighted by atomic mass is 10.1. The molecule has 0 aliphatic carbocycles. The van der Waals surface area contributed by atoms with Crippen molar-refractivity contribution < 1.29 is 4.79 Å². The van der Waals surface area contributed by atoms with E-state index in [0.29, 0.717) is 21.9 Å². The number of benzene rings is 1. The number of nitrogens with one attached hydrogen (secondary N) is 1. The summed E-state index contributed by atoms with van der Waals surface area (Å²) in [5.41, 5.74) is 2.71. The van der Waals surface area contributed by atoms with Crippen LogP contribution in [0.15, 0.2) is 36.5 Å². The van der Waals surface area contributed by atoms with Gasteiger partial charge in [-0.15, -0.1) is 0 Å². The molecule has 6 heteroatoms. The molecule has 0 saturated carbocycles. The number of fused-ring (bicyclic) bond motifs is 1. The van der Waals surface area contributed by atoms with Crippen LogP contribution in [0.5, 0.6) is 0 Å². The van der Waals surface area contributed by atoms with Crippen LogP contribution >= 0.6 is 11.6 Å². The minimum atomic E-state index is -0.194. The summed E-state index contributed by atoms with van der Waals surface area (Å²) in [6.07, 6.45) is 1.65. The SMILES string of the molecule is Cc1cc(C(=O)Nc2ccc(Cl)cc2)c2cnn(C)c2n1. The lowest BCUT2D eigenvalue weighted by molar-refractivity contribution is 0.102. The molecule has 3 rings (SSSR count). The maximum Gasteiger partial charge on any atom is 0.256 e. The number of hydrogen-bond acceptors (Lipinski definition) is 3. The Hall–Kier alpha value is -2.40. The van der Waals surface area contributed by atoms with Crippen LogP contribution < -0.4 is 5.32 Å². The van der Waals surface area contributed by atoms with Crippen molar-refractivity contribution in [2.75, 3.05) is 5.32 Å². The molecule has 0 saturated heterocycles. The predicted molar refractivity (Wildman–Crippen MR) is 82.7 cm³/mol. The third-order valence-electron chi connectivity index (χ3n) is 3.18. The Bertz CT molecular complexity index is 824. The second-order valence-corrected chi connectivity index (χ2v) is 5.21. The van der Waals surface area contributed by atoms with Crippen molar-refractivity contribution in [3.8, 4) is 0 Å². The summed E-state index contributed by atoms with van der Waals surface area (Å²) >= 11 is 5.83. The van der Waals surface area contributed by atoms with E-state index >= 15 is 0 Å². The number of aryl methyl sites for hydroxylation is 2. The van der Waals surface area contributed by atoms with Crippen molar-refractivity contribution in [1.29, 1.82) is 0 Å². The van der Waals surface area contributed by atoms with E-state index in [1.165, 1.54) is 0 Å². The molecule has 0 aliphatic heterocycles. The number of pyridine rings is 1. The molecule has 1 amide bonds. The number of carbonyl (C=O) groups is 1. The Balaban J connectivity index is 1.99. The number of halogens is 1.